The minimum atomic E-state index is 0.904. The highest BCUT2D eigenvalue weighted by atomic mass is 15.6. The normalized spacial score (nSPS) is 37.3. The van der Waals surface area contributed by atoms with E-state index in [4.69, 9.17) is 0 Å². The summed E-state index contributed by atoms with van der Waals surface area (Å²) in [5, 5.41) is 5.23. The number of rotatable bonds is 1. The van der Waals surface area contributed by atoms with Crippen molar-refractivity contribution >= 4 is 0 Å². The van der Waals surface area contributed by atoms with E-state index in [0.717, 1.165) is 11.8 Å². The lowest BCUT2D eigenvalue weighted by Gasteiger charge is -2.43. The number of hydrogen-bond acceptors (Lipinski definition) is 2. The molecule has 2 unspecified atom stereocenters. The van der Waals surface area contributed by atoms with E-state index < -0.39 is 0 Å². The lowest BCUT2D eigenvalue weighted by Crippen LogP contribution is -2.51. The summed E-state index contributed by atoms with van der Waals surface area (Å²) in [4.78, 5) is 0. The minimum absolute atomic E-state index is 0.904. The molecule has 14 heavy (non-hydrogen) atoms. The van der Waals surface area contributed by atoms with Crippen molar-refractivity contribution in [3.8, 4) is 0 Å². The predicted molar refractivity (Wildman–Crippen MR) is 59.9 cm³/mol. The summed E-state index contributed by atoms with van der Waals surface area (Å²) >= 11 is 0. The average molecular weight is 196 g/mol. The van der Waals surface area contributed by atoms with Crippen LogP contribution in [0.25, 0.3) is 0 Å². The molecular formula is C12H24N2. The number of nitrogens with zero attached hydrogens (tertiary/aromatic N) is 2. The Hall–Kier alpha value is -0.0800. The molecule has 2 heteroatoms. The Morgan fingerprint density at radius 2 is 1.21 bits per heavy atom. The van der Waals surface area contributed by atoms with Gasteiger partial charge < -0.3 is 0 Å². The van der Waals surface area contributed by atoms with Gasteiger partial charge in [0.15, 0.2) is 0 Å². The molecule has 0 aromatic heterocycles. The molecule has 2 fully saturated rings. The van der Waals surface area contributed by atoms with Gasteiger partial charge in [0.2, 0.25) is 0 Å². The van der Waals surface area contributed by atoms with Crippen molar-refractivity contribution in [1.82, 2.24) is 10.0 Å². The number of hydrazine groups is 1. The first-order valence-electron chi connectivity index (χ1n) is 6.25. The van der Waals surface area contributed by atoms with Crippen LogP contribution in [0.1, 0.15) is 39.5 Å². The lowest BCUT2D eigenvalue weighted by atomic mass is 9.99. The molecule has 0 aromatic carbocycles. The van der Waals surface area contributed by atoms with Crippen molar-refractivity contribution in [2.45, 2.75) is 39.5 Å². The van der Waals surface area contributed by atoms with Crippen LogP contribution in [-0.4, -0.2) is 36.2 Å². The van der Waals surface area contributed by atoms with E-state index in [1.807, 2.05) is 0 Å². The molecule has 0 aliphatic carbocycles. The average Bonchev–Trinajstić information content (AvgIpc) is 2.18. The summed E-state index contributed by atoms with van der Waals surface area (Å²) in [6.07, 6.45) is 5.65. The fourth-order valence-corrected chi connectivity index (χ4v) is 2.84. The predicted octanol–water partition coefficient (Wildman–Crippen LogP) is 2.37. The molecule has 2 aliphatic rings. The monoisotopic (exact) mass is 196 g/mol. The van der Waals surface area contributed by atoms with Gasteiger partial charge in [-0.15, -0.1) is 0 Å². The lowest BCUT2D eigenvalue weighted by molar-refractivity contribution is -0.0754. The summed E-state index contributed by atoms with van der Waals surface area (Å²) in [6.45, 7) is 9.98. The van der Waals surface area contributed by atoms with Crippen molar-refractivity contribution in [1.29, 1.82) is 0 Å². The largest absolute Gasteiger partial charge is 0.242 e. The summed E-state index contributed by atoms with van der Waals surface area (Å²) < 4.78 is 0. The van der Waals surface area contributed by atoms with Crippen LogP contribution in [-0.2, 0) is 0 Å². The van der Waals surface area contributed by atoms with E-state index in [2.05, 4.69) is 23.9 Å². The summed E-state index contributed by atoms with van der Waals surface area (Å²) in [6, 6.07) is 0. The molecule has 2 saturated heterocycles. The van der Waals surface area contributed by atoms with Crippen LogP contribution in [0.15, 0.2) is 0 Å². The molecule has 0 aromatic rings. The Balaban J connectivity index is 1.86. The maximum absolute atomic E-state index is 2.61. The first kappa shape index (κ1) is 10.4. The van der Waals surface area contributed by atoms with Crippen LogP contribution < -0.4 is 0 Å². The van der Waals surface area contributed by atoms with Crippen molar-refractivity contribution in [3.05, 3.63) is 0 Å². The van der Waals surface area contributed by atoms with Crippen molar-refractivity contribution in [2.75, 3.05) is 26.2 Å². The molecule has 0 saturated carbocycles. The third-order valence-corrected chi connectivity index (χ3v) is 3.67. The number of hydrogen-bond donors (Lipinski definition) is 0. The minimum Gasteiger partial charge on any atom is -0.242 e. The quantitative estimate of drug-likeness (QED) is 0.635. The zero-order valence-electron chi connectivity index (χ0n) is 9.71. The molecule has 2 nitrogen and oxygen atoms in total. The standard InChI is InChI=1S/C12H24N2/c1-11-5-3-7-13(9-11)14-8-4-6-12(2)10-14/h11-12H,3-10H2,1-2H3. The third-order valence-electron chi connectivity index (χ3n) is 3.67. The highest BCUT2D eigenvalue weighted by Gasteiger charge is 2.25. The van der Waals surface area contributed by atoms with E-state index in [9.17, 15) is 0 Å². The van der Waals surface area contributed by atoms with Gasteiger partial charge in [0.05, 0.1) is 0 Å². The van der Waals surface area contributed by atoms with E-state index >= 15 is 0 Å². The molecule has 0 N–H and O–H groups in total. The molecule has 2 atom stereocenters. The van der Waals surface area contributed by atoms with Crippen LogP contribution in [0.3, 0.4) is 0 Å². The van der Waals surface area contributed by atoms with Crippen LogP contribution in [0, 0.1) is 11.8 Å². The highest BCUT2D eigenvalue weighted by Crippen LogP contribution is 2.22. The van der Waals surface area contributed by atoms with Gasteiger partial charge >= 0.3 is 0 Å². The first-order valence-corrected chi connectivity index (χ1v) is 6.25. The van der Waals surface area contributed by atoms with Crippen molar-refractivity contribution in [2.24, 2.45) is 11.8 Å². The molecule has 0 spiro atoms. The second-order valence-corrected chi connectivity index (χ2v) is 5.32. The van der Waals surface area contributed by atoms with E-state index in [-0.39, 0.29) is 0 Å². The van der Waals surface area contributed by atoms with Gasteiger partial charge in [-0.1, -0.05) is 13.8 Å². The molecule has 2 rings (SSSR count). The van der Waals surface area contributed by atoms with Crippen LogP contribution in [0.5, 0.6) is 0 Å². The SMILES string of the molecule is CC1CCCN(N2CCCC(C)C2)C1. The molecule has 2 heterocycles. The Morgan fingerprint density at radius 1 is 0.786 bits per heavy atom. The molecule has 0 radical (unpaired) electrons. The molecule has 2 aliphatic heterocycles. The van der Waals surface area contributed by atoms with Crippen molar-refractivity contribution < 1.29 is 0 Å². The van der Waals surface area contributed by atoms with Gasteiger partial charge in [-0.05, 0) is 37.5 Å². The Labute approximate surface area is 88.2 Å². The molecule has 0 bridgehead atoms. The zero-order chi connectivity index (χ0) is 9.97. The van der Waals surface area contributed by atoms with E-state index in [1.54, 1.807) is 0 Å². The van der Waals surface area contributed by atoms with Gasteiger partial charge in [0.25, 0.3) is 0 Å². The fraction of sp³-hybridized carbons (Fsp3) is 1.00. The van der Waals surface area contributed by atoms with Gasteiger partial charge in [0.1, 0.15) is 0 Å². The van der Waals surface area contributed by atoms with Crippen molar-refractivity contribution in [3.63, 3.8) is 0 Å². The second-order valence-electron chi connectivity index (χ2n) is 5.32. The smallest absolute Gasteiger partial charge is 0.0159 e. The van der Waals surface area contributed by atoms with Crippen LogP contribution in [0.2, 0.25) is 0 Å². The van der Waals surface area contributed by atoms with Gasteiger partial charge in [-0.3, -0.25) is 0 Å². The van der Waals surface area contributed by atoms with Gasteiger partial charge in [0, 0.05) is 26.2 Å². The maximum Gasteiger partial charge on any atom is 0.0159 e. The molecule has 82 valence electrons. The second kappa shape index (κ2) is 4.63. The first-order chi connectivity index (χ1) is 6.75. The van der Waals surface area contributed by atoms with Gasteiger partial charge in [-0.25, -0.2) is 10.0 Å². The summed E-state index contributed by atoms with van der Waals surface area (Å²) in [7, 11) is 0. The fourth-order valence-electron chi connectivity index (χ4n) is 2.84. The molecular weight excluding hydrogens is 172 g/mol. The summed E-state index contributed by atoms with van der Waals surface area (Å²) in [5.41, 5.74) is 0. The number of piperidine rings is 2. The van der Waals surface area contributed by atoms with Crippen LogP contribution in [0.4, 0.5) is 0 Å². The van der Waals surface area contributed by atoms with E-state index in [1.165, 1.54) is 51.9 Å². The van der Waals surface area contributed by atoms with E-state index in [0.29, 0.717) is 0 Å². The van der Waals surface area contributed by atoms with Gasteiger partial charge in [-0.2, -0.15) is 0 Å². The highest BCUT2D eigenvalue weighted by molar-refractivity contribution is 4.73. The zero-order valence-corrected chi connectivity index (χ0v) is 9.71. The summed E-state index contributed by atoms with van der Waals surface area (Å²) in [5.74, 6) is 1.81. The van der Waals surface area contributed by atoms with Crippen LogP contribution >= 0.6 is 0 Å². The Kier molecular flexibility index (Phi) is 3.45. The maximum atomic E-state index is 2.61. The Morgan fingerprint density at radius 3 is 1.57 bits per heavy atom. The Bertz CT molecular complexity index is 161. The molecule has 0 amide bonds. The third kappa shape index (κ3) is 2.48. The topological polar surface area (TPSA) is 6.48 Å².